The van der Waals surface area contributed by atoms with Crippen LogP contribution in [0.5, 0.6) is 0 Å². The minimum atomic E-state index is -0.404. The number of nitrogens with one attached hydrogen (secondary N) is 2. The van der Waals surface area contributed by atoms with Gasteiger partial charge in [0.15, 0.2) is 11.6 Å². The van der Waals surface area contributed by atoms with Gasteiger partial charge >= 0.3 is 6.03 Å². The molecule has 4 aromatic heterocycles. The number of hydrogen-bond donors (Lipinski definition) is 2. The maximum absolute atomic E-state index is 13.4. The Morgan fingerprint density at radius 1 is 1.20 bits per heavy atom. The summed E-state index contributed by atoms with van der Waals surface area (Å²) in [6.07, 6.45) is 6.69. The van der Waals surface area contributed by atoms with Crippen LogP contribution < -0.4 is 10.6 Å². The Kier molecular flexibility index (Phi) is 5.33. The lowest BCUT2D eigenvalue weighted by Crippen LogP contribution is -2.30. The highest BCUT2D eigenvalue weighted by atomic mass is 19.1. The van der Waals surface area contributed by atoms with E-state index in [1.807, 2.05) is 19.9 Å². The van der Waals surface area contributed by atoms with Gasteiger partial charge in [-0.3, -0.25) is 10.3 Å². The first kappa shape index (κ1) is 19.4. The molecule has 0 radical (unpaired) electrons. The molecule has 0 bridgehead atoms. The molecule has 4 rings (SSSR count). The molecule has 0 aliphatic heterocycles. The van der Waals surface area contributed by atoms with E-state index in [4.69, 9.17) is 0 Å². The molecule has 0 saturated heterocycles. The normalized spacial score (nSPS) is 11.2. The second kappa shape index (κ2) is 8.23. The SMILES string of the molecule is CC(C)n1nnc(CCNC(=O)Nc2cn3cc(-c4cncc(F)c4)ccc3n2)n1. The van der Waals surface area contributed by atoms with Gasteiger partial charge in [0.05, 0.1) is 18.4 Å². The number of hydrogen-bond acceptors (Lipinski definition) is 6. The van der Waals surface area contributed by atoms with Gasteiger partial charge in [0.2, 0.25) is 0 Å². The Bertz CT molecular complexity index is 1180. The summed E-state index contributed by atoms with van der Waals surface area (Å²) in [5.41, 5.74) is 2.08. The molecule has 0 atom stereocenters. The summed E-state index contributed by atoms with van der Waals surface area (Å²) in [5, 5.41) is 17.6. The molecule has 2 N–H and O–H groups in total. The first-order valence-corrected chi connectivity index (χ1v) is 9.41. The van der Waals surface area contributed by atoms with Crippen molar-refractivity contribution in [2.75, 3.05) is 11.9 Å². The number of anilines is 1. The molecule has 0 spiro atoms. The summed E-state index contributed by atoms with van der Waals surface area (Å²) < 4.78 is 15.2. The van der Waals surface area contributed by atoms with E-state index in [-0.39, 0.29) is 12.1 Å². The number of rotatable bonds is 6. The smallest absolute Gasteiger partial charge is 0.320 e. The molecular weight excluding hydrogens is 389 g/mol. The van der Waals surface area contributed by atoms with Crippen LogP contribution in [-0.2, 0) is 6.42 Å². The summed E-state index contributed by atoms with van der Waals surface area (Å²) in [7, 11) is 0. The molecule has 0 aliphatic rings. The monoisotopic (exact) mass is 409 g/mol. The van der Waals surface area contributed by atoms with Crippen molar-refractivity contribution in [3.63, 3.8) is 0 Å². The number of fused-ring (bicyclic) bond motifs is 1. The van der Waals surface area contributed by atoms with Gasteiger partial charge in [-0.1, -0.05) is 0 Å². The minimum Gasteiger partial charge on any atom is -0.337 e. The van der Waals surface area contributed by atoms with Crippen LogP contribution in [0.2, 0.25) is 0 Å². The Balaban J connectivity index is 1.36. The van der Waals surface area contributed by atoms with Crippen LogP contribution >= 0.6 is 0 Å². The largest absolute Gasteiger partial charge is 0.337 e. The number of halogens is 1. The zero-order chi connectivity index (χ0) is 21.1. The fourth-order valence-electron chi connectivity index (χ4n) is 2.82. The highest BCUT2D eigenvalue weighted by Gasteiger charge is 2.09. The molecule has 11 heteroatoms. The maximum Gasteiger partial charge on any atom is 0.320 e. The molecule has 154 valence electrons. The fourth-order valence-corrected chi connectivity index (χ4v) is 2.82. The van der Waals surface area contributed by atoms with Crippen LogP contribution in [0.15, 0.2) is 43.0 Å². The van der Waals surface area contributed by atoms with Gasteiger partial charge in [0.1, 0.15) is 11.5 Å². The number of pyridine rings is 2. The predicted molar refractivity (Wildman–Crippen MR) is 107 cm³/mol. The third-order valence-electron chi connectivity index (χ3n) is 4.30. The van der Waals surface area contributed by atoms with Gasteiger partial charge in [-0.25, -0.2) is 14.2 Å². The van der Waals surface area contributed by atoms with Crippen LogP contribution in [-0.4, -0.2) is 47.2 Å². The Hall–Kier alpha value is -3.89. The second-order valence-corrected chi connectivity index (χ2v) is 6.95. The van der Waals surface area contributed by atoms with Crippen molar-refractivity contribution in [1.29, 1.82) is 0 Å². The van der Waals surface area contributed by atoms with Crippen LogP contribution in [0.1, 0.15) is 25.7 Å². The van der Waals surface area contributed by atoms with Crippen molar-refractivity contribution >= 4 is 17.5 Å². The molecule has 10 nitrogen and oxygen atoms in total. The summed E-state index contributed by atoms with van der Waals surface area (Å²) in [5.74, 6) is 0.557. The van der Waals surface area contributed by atoms with Crippen LogP contribution in [0, 0.1) is 5.82 Å². The van der Waals surface area contributed by atoms with E-state index < -0.39 is 5.82 Å². The van der Waals surface area contributed by atoms with Crippen LogP contribution in [0.25, 0.3) is 16.8 Å². The summed E-state index contributed by atoms with van der Waals surface area (Å²) in [6.45, 7) is 4.29. The number of urea groups is 1. The van der Waals surface area contributed by atoms with E-state index >= 15 is 0 Å². The Morgan fingerprint density at radius 2 is 2.07 bits per heavy atom. The third kappa shape index (κ3) is 4.40. The molecule has 30 heavy (non-hydrogen) atoms. The van der Waals surface area contributed by atoms with E-state index in [9.17, 15) is 9.18 Å². The lowest BCUT2D eigenvalue weighted by atomic mass is 10.1. The number of carbonyl (C=O) groups is 1. The summed E-state index contributed by atoms with van der Waals surface area (Å²) >= 11 is 0. The first-order chi connectivity index (χ1) is 14.5. The van der Waals surface area contributed by atoms with Gasteiger partial charge in [0.25, 0.3) is 0 Å². The summed E-state index contributed by atoms with van der Waals surface area (Å²) in [4.78, 5) is 21.9. The van der Waals surface area contributed by atoms with Crippen LogP contribution in [0.3, 0.4) is 0 Å². The topological polar surface area (TPSA) is 115 Å². The van der Waals surface area contributed by atoms with E-state index in [2.05, 4.69) is 36.0 Å². The summed E-state index contributed by atoms with van der Waals surface area (Å²) in [6, 6.07) is 4.76. The Labute approximate surface area is 171 Å². The predicted octanol–water partition coefficient (Wildman–Crippen LogP) is 2.47. The van der Waals surface area contributed by atoms with Crippen molar-refractivity contribution in [3.05, 3.63) is 54.6 Å². The minimum absolute atomic E-state index is 0.134. The van der Waals surface area contributed by atoms with Crippen LogP contribution in [0.4, 0.5) is 15.0 Å². The number of amides is 2. The van der Waals surface area contributed by atoms with Crippen molar-refractivity contribution in [3.8, 4) is 11.1 Å². The number of nitrogens with zero attached hydrogens (tertiary/aromatic N) is 7. The Morgan fingerprint density at radius 3 is 2.83 bits per heavy atom. The molecule has 0 unspecified atom stereocenters. The van der Waals surface area contributed by atoms with Crippen molar-refractivity contribution in [2.45, 2.75) is 26.3 Å². The molecule has 0 fully saturated rings. The van der Waals surface area contributed by atoms with E-state index in [0.717, 1.165) is 11.8 Å². The first-order valence-electron chi connectivity index (χ1n) is 9.41. The van der Waals surface area contributed by atoms with Crippen molar-refractivity contribution in [2.24, 2.45) is 0 Å². The molecule has 2 amide bonds. The maximum atomic E-state index is 13.4. The molecule has 0 aliphatic carbocycles. The molecule has 4 aromatic rings. The fraction of sp³-hybridized carbons (Fsp3) is 0.263. The number of tetrazole rings is 1. The average Bonchev–Trinajstić information content (AvgIpc) is 3.34. The van der Waals surface area contributed by atoms with Gasteiger partial charge in [-0.15, -0.1) is 10.2 Å². The quantitative estimate of drug-likeness (QED) is 0.506. The van der Waals surface area contributed by atoms with Crippen molar-refractivity contribution < 1.29 is 9.18 Å². The molecule has 4 heterocycles. The highest BCUT2D eigenvalue weighted by Crippen LogP contribution is 2.21. The molecule has 0 aromatic carbocycles. The zero-order valence-electron chi connectivity index (χ0n) is 16.4. The molecular formula is C19H20FN9O. The average molecular weight is 409 g/mol. The third-order valence-corrected chi connectivity index (χ3v) is 4.30. The van der Waals surface area contributed by atoms with Gasteiger partial charge in [-0.05, 0) is 37.3 Å². The zero-order valence-corrected chi connectivity index (χ0v) is 16.4. The standard InChI is InChI=1S/C19H20FN9O/c1-12(2)29-26-16(25-27-29)5-6-22-19(30)24-17-11-28-10-13(3-4-18(28)23-17)14-7-15(20)9-21-8-14/h3-4,7-12H,5-6H2,1-2H3,(H2,22,24,30). The van der Waals surface area contributed by atoms with Crippen molar-refractivity contribution in [1.82, 2.24) is 39.9 Å². The highest BCUT2D eigenvalue weighted by molar-refractivity contribution is 5.88. The molecule has 0 saturated carbocycles. The second-order valence-electron chi connectivity index (χ2n) is 6.95. The van der Waals surface area contributed by atoms with E-state index in [0.29, 0.717) is 35.8 Å². The van der Waals surface area contributed by atoms with Gasteiger partial charge < -0.3 is 9.72 Å². The number of imidazole rings is 1. The number of aromatic nitrogens is 7. The lowest BCUT2D eigenvalue weighted by molar-refractivity contribution is 0.252. The van der Waals surface area contributed by atoms with Gasteiger partial charge in [-0.2, -0.15) is 4.80 Å². The van der Waals surface area contributed by atoms with E-state index in [1.54, 1.807) is 29.1 Å². The number of carbonyl (C=O) groups excluding carboxylic acids is 1. The van der Waals surface area contributed by atoms with Gasteiger partial charge in [0, 0.05) is 36.5 Å². The van der Waals surface area contributed by atoms with E-state index in [1.165, 1.54) is 10.9 Å². The lowest BCUT2D eigenvalue weighted by Gasteiger charge is -2.03.